The van der Waals surface area contributed by atoms with Crippen molar-refractivity contribution in [3.63, 3.8) is 0 Å². The number of carbonyl (C=O) groups is 2. The van der Waals surface area contributed by atoms with E-state index in [9.17, 15) is 14.0 Å². The van der Waals surface area contributed by atoms with Gasteiger partial charge in [0.2, 0.25) is 0 Å². The van der Waals surface area contributed by atoms with E-state index in [1.54, 1.807) is 32.9 Å². The fraction of sp³-hybridized carbons (Fsp3) is 0.368. The molecule has 0 unspecified atom stereocenters. The molecule has 0 saturated carbocycles. The van der Waals surface area contributed by atoms with E-state index < -0.39 is 11.8 Å². The summed E-state index contributed by atoms with van der Waals surface area (Å²) in [6.45, 7) is 10.8. The highest BCUT2D eigenvalue weighted by Gasteiger charge is 2.24. The van der Waals surface area contributed by atoms with Gasteiger partial charge in [-0.1, -0.05) is 19.9 Å². The lowest BCUT2D eigenvalue weighted by molar-refractivity contribution is 0.0527. The Morgan fingerprint density at radius 1 is 1.24 bits per heavy atom. The summed E-state index contributed by atoms with van der Waals surface area (Å²) in [6, 6.07) is 4.77. The molecule has 4 nitrogen and oxygen atoms in total. The molecule has 136 valence electrons. The minimum Gasteiger partial charge on any atom is -0.462 e. The van der Waals surface area contributed by atoms with Crippen LogP contribution in [0, 0.1) is 19.7 Å². The zero-order chi connectivity index (χ0) is 19.1. The molecule has 1 aromatic carbocycles. The Morgan fingerprint density at radius 3 is 2.40 bits per heavy atom. The number of esters is 1. The summed E-state index contributed by atoms with van der Waals surface area (Å²) >= 11 is 1.13. The molecule has 0 saturated heterocycles. The van der Waals surface area contributed by atoms with E-state index >= 15 is 0 Å². The third-order valence-corrected chi connectivity index (χ3v) is 4.63. The normalized spacial score (nSPS) is 9.88. The van der Waals surface area contributed by atoms with Crippen molar-refractivity contribution in [1.29, 1.82) is 0 Å². The van der Waals surface area contributed by atoms with Crippen molar-refractivity contribution >= 4 is 33.8 Å². The van der Waals surface area contributed by atoms with Gasteiger partial charge in [-0.2, -0.15) is 0 Å². The van der Waals surface area contributed by atoms with Crippen LogP contribution in [-0.4, -0.2) is 18.4 Å². The number of thiophene rings is 1. The SMILES string of the molecule is CC.CCOC(=O)c1c(Nc2ccc(C)cc2F)sc(C(C)=O)c1C. The summed E-state index contributed by atoms with van der Waals surface area (Å²) in [7, 11) is 0. The van der Waals surface area contributed by atoms with E-state index in [1.165, 1.54) is 13.0 Å². The smallest absolute Gasteiger partial charge is 0.341 e. The molecule has 1 aromatic heterocycles. The number of Topliss-reactive ketones (excluding diaryl/α,β-unsaturated/α-hetero) is 1. The molecular formula is C19H24FNO3S. The van der Waals surface area contributed by atoms with Crippen molar-refractivity contribution in [3.8, 4) is 0 Å². The van der Waals surface area contributed by atoms with Crippen molar-refractivity contribution in [3.05, 3.63) is 45.6 Å². The number of anilines is 2. The molecule has 0 bridgehead atoms. The highest BCUT2D eigenvalue weighted by molar-refractivity contribution is 7.18. The summed E-state index contributed by atoms with van der Waals surface area (Å²) in [4.78, 5) is 24.4. The van der Waals surface area contributed by atoms with Gasteiger partial charge >= 0.3 is 5.97 Å². The minimum atomic E-state index is -0.524. The van der Waals surface area contributed by atoms with Gasteiger partial charge < -0.3 is 10.1 Å². The van der Waals surface area contributed by atoms with Crippen molar-refractivity contribution in [1.82, 2.24) is 0 Å². The molecule has 0 aliphatic heterocycles. The second-order valence-corrected chi connectivity index (χ2v) is 6.17. The van der Waals surface area contributed by atoms with Crippen LogP contribution in [0.3, 0.4) is 0 Å². The molecule has 0 aliphatic carbocycles. The standard InChI is InChI=1S/C17H18FNO3S.C2H6/c1-5-22-17(21)14-10(3)15(11(4)20)23-16(14)19-13-7-6-9(2)8-12(13)18;1-2/h6-8,19H,5H2,1-4H3;1-2H3. The molecular weight excluding hydrogens is 341 g/mol. The molecule has 1 heterocycles. The Kier molecular flexibility index (Phi) is 7.77. The summed E-state index contributed by atoms with van der Waals surface area (Å²) in [5, 5.41) is 3.32. The van der Waals surface area contributed by atoms with E-state index in [4.69, 9.17) is 4.74 Å². The number of rotatable bonds is 5. The second kappa shape index (κ2) is 9.32. The second-order valence-electron chi connectivity index (χ2n) is 5.15. The van der Waals surface area contributed by atoms with Gasteiger partial charge in [-0.25, -0.2) is 9.18 Å². The number of ketones is 1. The first-order chi connectivity index (χ1) is 11.8. The summed E-state index contributed by atoms with van der Waals surface area (Å²) in [5.41, 5.74) is 1.88. The van der Waals surface area contributed by atoms with Crippen LogP contribution in [-0.2, 0) is 4.74 Å². The van der Waals surface area contributed by atoms with Crippen LogP contribution in [0.1, 0.15) is 58.9 Å². The maximum Gasteiger partial charge on any atom is 0.341 e. The average Bonchev–Trinajstić information content (AvgIpc) is 2.89. The molecule has 1 N–H and O–H groups in total. The lowest BCUT2D eigenvalue weighted by atomic mass is 10.1. The Labute approximate surface area is 152 Å². The first-order valence-electron chi connectivity index (χ1n) is 8.19. The first-order valence-corrected chi connectivity index (χ1v) is 9.01. The van der Waals surface area contributed by atoms with Crippen LogP contribution >= 0.6 is 11.3 Å². The third-order valence-electron chi connectivity index (χ3n) is 3.32. The molecule has 25 heavy (non-hydrogen) atoms. The number of carbonyl (C=O) groups excluding carboxylic acids is 2. The predicted molar refractivity (Wildman–Crippen MR) is 101 cm³/mol. The highest BCUT2D eigenvalue weighted by atomic mass is 32.1. The van der Waals surface area contributed by atoms with Crippen LogP contribution in [0.4, 0.5) is 15.1 Å². The monoisotopic (exact) mass is 365 g/mol. The van der Waals surface area contributed by atoms with Crippen LogP contribution in [0.5, 0.6) is 0 Å². The number of halogens is 1. The zero-order valence-electron chi connectivity index (χ0n) is 15.5. The van der Waals surface area contributed by atoms with Gasteiger partial charge in [-0.05, 0) is 51.0 Å². The van der Waals surface area contributed by atoms with Gasteiger partial charge in [0.1, 0.15) is 10.8 Å². The number of benzene rings is 1. The molecule has 0 atom stereocenters. The Hall–Kier alpha value is -2.21. The third kappa shape index (κ3) is 4.89. The molecule has 0 fully saturated rings. The van der Waals surface area contributed by atoms with E-state index in [-0.39, 0.29) is 23.6 Å². The Morgan fingerprint density at radius 2 is 1.88 bits per heavy atom. The fourth-order valence-electron chi connectivity index (χ4n) is 2.23. The lowest BCUT2D eigenvalue weighted by Gasteiger charge is -2.09. The van der Waals surface area contributed by atoms with Crippen molar-refractivity contribution < 1.29 is 18.7 Å². The number of hydrogen-bond donors (Lipinski definition) is 1. The number of ether oxygens (including phenoxy) is 1. The van der Waals surface area contributed by atoms with Crippen LogP contribution in [0.15, 0.2) is 18.2 Å². The number of nitrogens with one attached hydrogen (secondary N) is 1. The molecule has 2 aromatic rings. The summed E-state index contributed by atoms with van der Waals surface area (Å²) in [5.74, 6) is -1.09. The van der Waals surface area contributed by atoms with Crippen molar-refractivity contribution in [2.24, 2.45) is 0 Å². The molecule has 0 radical (unpaired) electrons. The summed E-state index contributed by atoms with van der Waals surface area (Å²) in [6.07, 6.45) is 0. The van der Waals surface area contributed by atoms with Gasteiger partial charge in [0.15, 0.2) is 5.78 Å². The molecule has 0 spiro atoms. The van der Waals surface area contributed by atoms with Crippen LogP contribution < -0.4 is 5.32 Å². The number of hydrogen-bond acceptors (Lipinski definition) is 5. The highest BCUT2D eigenvalue weighted by Crippen LogP contribution is 2.36. The van der Waals surface area contributed by atoms with Crippen LogP contribution in [0.25, 0.3) is 0 Å². The minimum absolute atomic E-state index is 0.143. The van der Waals surface area contributed by atoms with Gasteiger partial charge in [-0.15, -0.1) is 11.3 Å². The van der Waals surface area contributed by atoms with Gasteiger partial charge in [0.25, 0.3) is 0 Å². The fourth-order valence-corrected chi connectivity index (χ4v) is 3.33. The van der Waals surface area contributed by atoms with Gasteiger partial charge in [0, 0.05) is 0 Å². The quantitative estimate of drug-likeness (QED) is 0.549. The molecule has 2 rings (SSSR count). The average molecular weight is 365 g/mol. The van der Waals surface area contributed by atoms with E-state index in [0.29, 0.717) is 15.4 Å². The van der Waals surface area contributed by atoms with E-state index in [0.717, 1.165) is 16.9 Å². The predicted octanol–water partition coefficient (Wildman–Crippen LogP) is 5.65. The van der Waals surface area contributed by atoms with Gasteiger partial charge in [0.05, 0.1) is 22.7 Å². The Balaban J connectivity index is 0.00000151. The van der Waals surface area contributed by atoms with Gasteiger partial charge in [-0.3, -0.25) is 4.79 Å². The maximum atomic E-state index is 14.0. The lowest BCUT2D eigenvalue weighted by Crippen LogP contribution is -2.08. The van der Waals surface area contributed by atoms with Crippen LogP contribution in [0.2, 0.25) is 0 Å². The largest absolute Gasteiger partial charge is 0.462 e. The topological polar surface area (TPSA) is 55.4 Å². The molecule has 6 heteroatoms. The van der Waals surface area contributed by atoms with Crippen molar-refractivity contribution in [2.75, 3.05) is 11.9 Å². The zero-order valence-corrected chi connectivity index (χ0v) is 16.3. The Bertz CT molecular complexity index is 768. The van der Waals surface area contributed by atoms with E-state index in [2.05, 4.69) is 5.32 Å². The van der Waals surface area contributed by atoms with E-state index in [1.807, 2.05) is 13.8 Å². The molecule has 0 aliphatic rings. The molecule has 0 amide bonds. The number of aryl methyl sites for hydroxylation is 1. The summed E-state index contributed by atoms with van der Waals surface area (Å²) < 4.78 is 19.1. The first kappa shape index (κ1) is 20.8. The van der Waals surface area contributed by atoms with Crippen molar-refractivity contribution in [2.45, 2.75) is 41.5 Å². The maximum absolute atomic E-state index is 14.0.